The topological polar surface area (TPSA) is 73.1 Å². The van der Waals surface area contributed by atoms with Gasteiger partial charge in [-0.15, -0.1) is 5.10 Å². The van der Waals surface area contributed by atoms with Gasteiger partial charge in [-0.25, -0.2) is 22.8 Å². The van der Waals surface area contributed by atoms with E-state index in [1.165, 1.54) is 23.0 Å². The minimum Gasteiger partial charge on any atom is -0.503 e. The summed E-state index contributed by atoms with van der Waals surface area (Å²) < 4.78 is 48.1. The SMILES string of the molecule is Cc1cc(F)cc(Oc2cccc3nc(-c4cn(-c5cc(F)c(O)c(F)c5)nn4)ccc23)c1. The highest BCUT2D eigenvalue weighted by Crippen LogP contribution is 2.31. The van der Waals surface area contributed by atoms with Gasteiger partial charge in [-0.05, 0) is 48.9 Å². The van der Waals surface area contributed by atoms with Crippen molar-refractivity contribution in [2.45, 2.75) is 6.92 Å². The molecule has 33 heavy (non-hydrogen) atoms. The first-order valence-corrected chi connectivity index (χ1v) is 9.83. The van der Waals surface area contributed by atoms with E-state index in [1.807, 2.05) is 0 Å². The molecule has 9 heteroatoms. The molecule has 0 aliphatic carbocycles. The van der Waals surface area contributed by atoms with Crippen LogP contribution in [0, 0.1) is 24.4 Å². The third-order valence-electron chi connectivity index (χ3n) is 4.96. The second kappa shape index (κ2) is 7.94. The fourth-order valence-corrected chi connectivity index (χ4v) is 3.44. The van der Waals surface area contributed by atoms with Crippen molar-refractivity contribution < 1.29 is 23.0 Å². The van der Waals surface area contributed by atoms with Crippen LogP contribution in [-0.4, -0.2) is 25.1 Å². The van der Waals surface area contributed by atoms with Crippen molar-refractivity contribution in [3.05, 3.63) is 89.9 Å². The first-order valence-electron chi connectivity index (χ1n) is 9.83. The second-order valence-electron chi connectivity index (χ2n) is 7.39. The maximum Gasteiger partial charge on any atom is 0.187 e. The number of aryl methyl sites for hydroxylation is 1. The molecule has 0 aliphatic rings. The van der Waals surface area contributed by atoms with E-state index >= 15 is 0 Å². The van der Waals surface area contributed by atoms with Crippen LogP contribution in [-0.2, 0) is 0 Å². The molecule has 0 radical (unpaired) electrons. The van der Waals surface area contributed by atoms with E-state index in [9.17, 15) is 18.3 Å². The second-order valence-corrected chi connectivity index (χ2v) is 7.39. The summed E-state index contributed by atoms with van der Waals surface area (Å²) in [7, 11) is 0. The molecule has 2 heterocycles. The molecule has 0 bridgehead atoms. The van der Waals surface area contributed by atoms with Crippen LogP contribution in [0.15, 0.2) is 66.9 Å². The first kappa shape index (κ1) is 20.5. The van der Waals surface area contributed by atoms with Gasteiger partial charge < -0.3 is 9.84 Å². The average molecular weight is 448 g/mol. The maximum absolute atomic E-state index is 13.7. The number of nitrogens with zero attached hydrogens (tertiary/aromatic N) is 4. The number of halogens is 3. The summed E-state index contributed by atoms with van der Waals surface area (Å²) in [4.78, 5) is 4.58. The summed E-state index contributed by atoms with van der Waals surface area (Å²) in [6.07, 6.45) is 1.47. The van der Waals surface area contributed by atoms with E-state index < -0.39 is 17.4 Å². The van der Waals surface area contributed by atoms with Crippen LogP contribution in [0.5, 0.6) is 17.2 Å². The quantitative estimate of drug-likeness (QED) is 0.382. The number of hydrogen-bond acceptors (Lipinski definition) is 5. The molecule has 0 saturated heterocycles. The van der Waals surface area contributed by atoms with Crippen molar-refractivity contribution >= 4 is 10.9 Å². The third kappa shape index (κ3) is 3.96. The lowest BCUT2D eigenvalue weighted by Gasteiger charge is -2.10. The van der Waals surface area contributed by atoms with Gasteiger partial charge >= 0.3 is 0 Å². The predicted molar refractivity (Wildman–Crippen MR) is 115 cm³/mol. The molecule has 5 aromatic rings. The highest BCUT2D eigenvalue weighted by Gasteiger charge is 2.14. The molecule has 0 amide bonds. The Balaban J connectivity index is 1.48. The summed E-state index contributed by atoms with van der Waals surface area (Å²) in [5, 5.41) is 17.9. The molecule has 0 saturated carbocycles. The van der Waals surface area contributed by atoms with Gasteiger partial charge in [0, 0.05) is 23.6 Å². The maximum atomic E-state index is 13.7. The van der Waals surface area contributed by atoms with Crippen molar-refractivity contribution in [2.24, 2.45) is 0 Å². The third-order valence-corrected chi connectivity index (χ3v) is 4.96. The van der Waals surface area contributed by atoms with Crippen LogP contribution in [0.25, 0.3) is 28.0 Å². The number of fused-ring (bicyclic) bond motifs is 1. The van der Waals surface area contributed by atoms with Crippen molar-refractivity contribution in [2.75, 3.05) is 0 Å². The molecular formula is C24H15F3N4O2. The summed E-state index contributed by atoms with van der Waals surface area (Å²) in [5.41, 5.74) is 2.25. The fraction of sp³-hybridized carbons (Fsp3) is 0.0417. The summed E-state index contributed by atoms with van der Waals surface area (Å²) in [6.45, 7) is 1.78. The normalized spacial score (nSPS) is 11.2. The van der Waals surface area contributed by atoms with Crippen LogP contribution in [0.4, 0.5) is 13.2 Å². The molecule has 0 aliphatic heterocycles. The lowest BCUT2D eigenvalue weighted by molar-refractivity contribution is 0.395. The Morgan fingerprint density at radius 1 is 0.909 bits per heavy atom. The molecule has 5 rings (SSSR count). The van der Waals surface area contributed by atoms with E-state index in [4.69, 9.17) is 4.74 Å². The molecule has 0 fully saturated rings. The number of pyridine rings is 1. The van der Waals surface area contributed by atoms with Gasteiger partial charge in [-0.2, -0.15) is 0 Å². The molecule has 3 aromatic carbocycles. The zero-order valence-electron chi connectivity index (χ0n) is 17.1. The van der Waals surface area contributed by atoms with E-state index in [0.29, 0.717) is 33.8 Å². The summed E-state index contributed by atoms with van der Waals surface area (Å²) in [5.74, 6) is -2.77. The van der Waals surface area contributed by atoms with Gasteiger partial charge in [0.2, 0.25) is 0 Å². The number of aromatic hydroxyl groups is 1. The van der Waals surface area contributed by atoms with Crippen LogP contribution >= 0.6 is 0 Å². The Bertz CT molecular complexity index is 1470. The van der Waals surface area contributed by atoms with Crippen LogP contribution < -0.4 is 4.74 Å². The average Bonchev–Trinajstić information content (AvgIpc) is 3.27. The van der Waals surface area contributed by atoms with Gasteiger partial charge in [0.05, 0.1) is 23.1 Å². The molecule has 2 aromatic heterocycles. The van der Waals surface area contributed by atoms with Crippen molar-refractivity contribution in [1.29, 1.82) is 0 Å². The zero-order valence-corrected chi connectivity index (χ0v) is 17.1. The Morgan fingerprint density at radius 2 is 1.70 bits per heavy atom. The number of ether oxygens (including phenoxy) is 1. The van der Waals surface area contributed by atoms with Gasteiger partial charge in [-0.1, -0.05) is 11.3 Å². The Kier molecular flexibility index (Phi) is 4.93. The van der Waals surface area contributed by atoms with Crippen LogP contribution in [0.2, 0.25) is 0 Å². The standard InChI is InChI=1S/C24H15F3N4O2/c1-13-7-14(25)9-16(8-13)33-23-4-2-3-20-17(23)5-6-21(28-20)22-12-31(30-29-22)15-10-18(26)24(32)19(27)11-15/h2-12,32H,1H3. The molecular weight excluding hydrogens is 433 g/mol. The number of aromatic nitrogens is 4. The molecule has 0 atom stereocenters. The largest absolute Gasteiger partial charge is 0.503 e. The van der Waals surface area contributed by atoms with Crippen LogP contribution in [0.1, 0.15) is 5.56 Å². The van der Waals surface area contributed by atoms with E-state index in [0.717, 1.165) is 17.7 Å². The van der Waals surface area contributed by atoms with Gasteiger partial charge in [0.25, 0.3) is 0 Å². The summed E-state index contributed by atoms with van der Waals surface area (Å²) in [6, 6.07) is 15.2. The van der Waals surface area contributed by atoms with Crippen molar-refractivity contribution in [3.8, 4) is 34.3 Å². The van der Waals surface area contributed by atoms with Crippen LogP contribution in [0.3, 0.4) is 0 Å². The zero-order chi connectivity index (χ0) is 23.1. The molecule has 0 unspecified atom stereocenters. The minimum absolute atomic E-state index is 0.0587. The van der Waals surface area contributed by atoms with E-state index in [1.54, 1.807) is 43.3 Å². The number of rotatable bonds is 4. The highest BCUT2D eigenvalue weighted by atomic mass is 19.1. The smallest absolute Gasteiger partial charge is 0.187 e. The highest BCUT2D eigenvalue weighted by molar-refractivity contribution is 5.87. The molecule has 1 N–H and O–H groups in total. The Morgan fingerprint density at radius 3 is 2.45 bits per heavy atom. The number of benzene rings is 3. The van der Waals surface area contributed by atoms with Gasteiger partial charge in [-0.3, -0.25) is 0 Å². The fourth-order valence-electron chi connectivity index (χ4n) is 3.44. The van der Waals surface area contributed by atoms with Gasteiger partial charge in [0.15, 0.2) is 17.4 Å². The van der Waals surface area contributed by atoms with Crippen molar-refractivity contribution in [3.63, 3.8) is 0 Å². The first-order chi connectivity index (χ1) is 15.9. The Hall–Kier alpha value is -4.40. The lowest BCUT2D eigenvalue weighted by Crippen LogP contribution is -1.97. The number of hydrogen-bond donors (Lipinski definition) is 1. The van der Waals surface area contributed by atoms with E-state index in [-0.39, 0.29) is 11.5 Å². The van der Waals surface area contributed by atoms with Crippen molar-refractivity contribution in [1.82, 2.24) is 20.0 Å². The lowest BCUT2D eigenvalue weighted by atomic mass is 10.1. The molecule has 164 valence electrons. The number of phenolic OH excluding ortho intramolecular Hbond substituents is 1. The predicted octanol–water partition coefficient (Wildman–Crippen LogP) is 5.71. The molecule has 0 spiro atoms. The van der Waals surface area contributed by atoms with Gasteiger partial charge in [0.1, 0.15) is 23.0 Å². The van der Waals surface area contributed by atoms with E-state index in [2.05, 4.69) is 15.3 Å². The number of phenols is 1. The minimum atomic E-state index is -1.10. The Labute approximate surface area is 185 Å². The molecule has 6 nitrogen and oxygen atoms in total. The monoisotopic (exact) mass is 448 g/mol. The summed E-state index contributed by atoms with van der Waals surface area (Å²) >= 11 is 0.